The lowest BCUT2D eigenvalue weighted by Crippen LogP contribution is -2.14. The van der Waals surface area contributed by atoms with Crippen molar-refractivity contribution in [3.05, 3.63) is 28.2 Å². The van der Waals surface area contributed by atoms with Crippen molar-refractivity contribution >= 4 is 32.9 Å². The Morgan fingerprint density at radius 1 is 1.61 bits per heavy atom. The third-order valence-corrected chi connectivity index (χ3v) is 3.20. The van der Waals surface area contributed by atoms with Gasteiger partial charge in [-0.25, -0.2) is 9.37 Å². The summed E-state index contributed by atoms with van der Waals surface area (Å²) >= 11 is 3.10. The molecule has 2 aromatic rings. The highest BCUT2D eigenvalue weighted by Crippen LogP contribution is 2.24. The molecular weight excluding hydrogens is 303 g/mol. The highest BCUT2D eigenvalue weighted by atomic mass is 79.9. The summed E-state index contributed by atoms with van der Waals surface area (Å²) in [4.78, 5) is 18.8. The molecule has 4 nitrogen and oxygen atoms in total. The highest BCUT2D eigenvalue weighted by Gasteiger charge is 2.20. The normalized spacial score (nSPS) is 12.7. The van der Waals surface area contributed by atoms with Gasteiger partial charge in [-0.3, -0.25) is 4.79 Å². The smallest absolute Gasteiger partial charge is 0.316 e. The van der Waals surface area contributed by atoms with Crippen LogP contribution in [0.4, 0.5) is 4.39 Å². The number of aromatic nitrogens is 2. The molecule has 1 aromatic carbocycles. The van der Waals surface area contributed by atoms with Gasteiger partial charge in [0.2, 0.25) is 0 Å². The predicted octanol–water partition coefficient (Wildman–Crippen LogP) is 3.13. The molecule has 96 valence electrons. The van der Waals surface area contributed by atoms with E-state index >= 15 is 0 Å². The molecule has 1 atom stereocenters. The fourth-order valence-electron chi connectivity index (χ4n) is 1.61. The molecule has 0 aliphatic carbocycles. The number of rotatable bonds is 3. The second kappa shape index (κ2) is 5.06. The van der Waals surface area contributed by atoms with Crippen LogP contribution in [0, 0.1) is 5.82 Å². The van der Waals surface area contributed by atoms with Crippen LogP contribution in [0.15, 0.2) is 16.6 Å². The number of benzene rings is 1. The average molecular weight is 315 g/mol. The summed E-state index contributed by atoms with van der Waals surface area (Å²) in [7, 11) is 0. The molecule has 1 unspecified atom stereocenters. The fourth-order valence-corrected chi connectivity index (χ4v) is 1.94. The summed E-state index contributed by atoms with van der Waals surface area (Å²) < 4.78 is 18.6. The molecule has 0 aliphatic rings. The van der Waals surface area contributed by atoms with Gasteiger partial charge in [0.25, 0.3) is 0 Å². The Hall–Kier alpha value is -1.43. The topological polar surface area (TPSA) is 55.0 Å². The number of nitrogens with one attached hydrogen (secondary N) is 1. The van der Waals surface area contributed by atoms with E-state index in [-0.39, 0.29) is 11.8 Å². The zero-order valence-corrected chi connectivity index (χ0v) is 11.5. The number of halogens is 2. The van der Waals surface area contributed by atoms with E-state index in [1.165, 1.54) is 6.07 Å². The fraction of sp³-hybridized carbons (Fsp3) is 0.333. The number of imidazole rings is 1. The van der Waals surface area contributed by atoms with Gasteiger partial charge in [0, 0.05) is 6.07 Å². The maximum absolute atomic E-state index is 13.4. The van der Waals surface area contributed by atoms with Crippen molar-refractivity contribution in [2.45, 2.75) is 19.8 Å². The monoisotopic (exact) mass is 314 g/mol. The van der Waals surface area contributed by atoms with Gasteiger partial charge < -0.3 is 9.72 Å². The summed E-state index contributed by atoms with van der Waals surface area (Å²) in [6, 6.07) is 2.91. The molecule has 0 saturated heterocycles. The number of hydrogen-bond acceptors (Lipinski definition) is 3. The second-order valence-corrected chi connectivity index (χ2v) is 4.73. The molecule has 0 spiro atoms. The minimum absolute atomic E-state index is 0.323. The summed E-state index contributed by atoms with van der Waals surface area (Å²) in [5.74, 6) is -0.752. The first-order valence-electron chi connectivity index (χ1n) is 5.54. The van der Waals surface area contributed by atoms with Crippen molar-refractivity contribution in [3.8, 4) is 0 Å². The molecule has 0 fully saturated rings. The van der Waals surface area contributed by atoms with Gasteiger partial charge in [0.1, 0.15) is 17.6 Å². The third-order valence-electron chi connectivity index (χ3n) is 2.59. The SMILES string of the molecule is CCOC(=O)C(C)c1nc2cc(Br)c(F)cc2[nH]1. The number of carbonyl (C=O) groups excluding carboxylic acids is 1. The van der Waals surface area contributed by atoms with Crippen molar-refractivity contribution in [2.75, 3.05) is 6.61 Å². The van der Waals surface area contributed by atoms with Crippen molar-refractivity contribution in [2.24, 2.45) is 0 Å². The molecule has 1 aromatic heterocycles. The van der Waals surface area contributed by atoms with Gasteiger partial charge in [-0.15, -0.1) is 0 Å². The lowest BCUT2D eigenvalue weighted by atomic mass is 10.2. The molecule has 0 radical (unpaired) electrons. The third kappa shape index (κ3) is 2.38. The van der Waals surface area contributed by atoms with Crippen LogP contribution in [0.5, 0.6) is 0 Å². The summed E-state index contributed by atoms with van der Waals surface area (Å²) in [6.07, 6.45) is 0. The van der Waals surface area contributed by atoms with Gasteiger partial charge in [-0.05, 0) is 35.8 Å². The Kier molecular flexibility index (Phi) is 3.65. The van der Waals surface area contributed by atoms with E-state index in [9.17, 15) is 9.18 Å². The molecular formula is C12H12BrFN2O2. The molecule has 2 rings (SSSR count). The number of esters is 1. The van der Waals surface area contributed by atoms with Gasteiger partial charge >= 0.3 is 5.97 Å². The molecule has 0 amide bonds. The highest BCUT2D eigenvalue weighted by molar-refractivity contribution is 9.10. The molecule has 0 aliphatic heterocycles. The number of carbonyl (C=O) groups is 1. The largest absolute Gasteiger partial charge is 0.465 e. The van der Waals surface area contributed by atoms with Crippen LogP contribution in [0.25, 0.3) is 11.0 Å². The zero-order valence-electron chi connectivity index (χ0n) is 9.96. The number of ether oxygens (including phenoxy) is 1. The van der Waals surface area contributed by atoms with Crippen LogP contribution in [-0.2, 0) is 9.53 Å². The van der Waals surface area contributed by atoms with Crippen molar-refractivity contribution in [1.29, 1.82) is 0 Å². The maximum Gasteiger partial charge on any atom is 0.316 e. The van der Waals surface area contributed by atoms with E-state index in [1.54, 1.807) is 19.9 Å². The Morgan fingerprint density at radius 3 is 3.00 bits per heavy atom. The number of hydrogen-bond donors (Lipinski definition) is 1. The van der Waals surface area contributed by atoms with E-state index in [4.69, 9.17) is 4.74 Å². The quantitative estimate of drug-likeness (QED) is 0.885. The maximum atomic E-state index is 13.4. The first-order chi connectivity index (χ1) is 8.52. The van der Waals surface area contributed by atoms with Crippen molar-refractivity contribution in [3.63, 3.8) is 0 Å². The Balaban J connectivity index is 2.38. The number of H-pyrrole nitrogens is 1. The minimum Gasteiger partial charge on any atom is -0.465 e. The molecule has 0 saturated carbocycles. The number of nitrogens with zero attached hydrogens (tertiary/aromatic N) is 1. The van der Waals surface area contributed by atoms with Crippen LogP contribution in [0.2, 0.25) is 0 Å². The van der Waals surface area contributed by atoms with Crippen LogP contribution >= 0.6 is 15.9 Å². The standard InChI is InChI=1S/C12H12BrFN2O2/c1-3-18-12(17)6(2)11-15-9-4-7(13)8(14)5-10(9)16-11/h4-6H,3H2,1-2H3,(H,15,16). The summed E-state index contributed by atoms with van der Waals surface area (Å²) in [5, 5.41) is 0. The zero-order chi connectivity index (χ0) is 13.3. The van der Waals surface area contributed by atoms with Crippen LogP contribution in [0.1, 0.15) is 25.6 Å². The molecule has 0 bridgehead atoms. The molecule has 1 heterocycles. The van der Waals surface area contributed by atoms with Gasteiger partial charge in [0.15, 0.2) is 0 Å². The molecule has 6 heteroatoms. The summed E-state index contributed by atoms with van der Waals surface area (Å²) in [6.45, 7) is 3.76. The van der Waals surface area contributed by atoms with E-state index in [0.29, 0.717) is 27.9 Å². The van der Waals surface area contributed by atoms with Crippen LogP contribution < -0.4 is 0 Å². The first-order valence-corrected chi connectivity index (χ1v) is 6.33. The lowest BCUT2D eigenvalue weighted by Gasteiger charge is -2.06. The van der Waals surface area contributed by atoms with E-state index < -0.39 is 5.92 Å². The van der Waals surface area contributed by atoms with E-state index in [0.717, 1.165) is 0 Å². The average Bonchev–Trinajstić information content (AvgIpc) is 2.72. The predicted molar refractivity (Wildman–Crippen MR) is 68.8 cm³/mol. The van der Waals surface area contributed by atoms with Crippen molar-refractivity contribution < 1.29 is 13.9 Å². The van der Waals surface area contributed by atoms with Gasteiger partial charge in [0.05, 0.1) is 22.1 Å². The molecule has 18 heavy (non-hydrogen) atoms. The molecule has 1 N–H and O–H groups in total. The minimum atomic E-state index is -0.501. The van der Waals surface area contributed by atoms with E-state index in [1.807, 2.05) is 0 Å². The number of fused-ring (bicyclic) bond motifs is 1. The summed E-state index contributed by atoms with van der Waals surface area (Å²) in [5.41, 5.74) is 1.16. The number of aromatic amines is 1. The Morgan fingerprint density at radius 2 is 2.33 bits per heavy atom. The van der Waals surface area contributed by atoms with Gasteiger partial charge in [-0.2, -0.15) is 0 Å². The van der Waals surface area contributed by atoms with E-state index in [2.05, 4.69) is 25.9 Å². The Labute approximate surface area is 112 Å². The Bertz CT molecular complexity index is 558. The van der Waals surface area contributed by atoms with Crippen LogP contribution in [0.3, 0.4) is 0 Å². The van der Waals surface area contributed by atoms with Gasteiger partial charge in [-0.1, -0.05) is 0 Å². The second-order valence-electron chi connectivity index (χ2n) is 3.88. The van der Waals surface area contributed by atoms with Crippen LogP contribution in [-0.4, -0.2) is 22.5 Å². The lowest BCUT2D eigenvalue weighted by molar-refractivity contribution is -0.144. The van der Waals surface area contributed by atoms with Crippen molar-refractivity contribution in [1.82, 2.24) is 9.97 Å². The first kappa shape index (κ1) is 13.0.